The number of benzene rings is 1. The van der Waals surface area contributed by atoms with Crippen LogP contribution < -0.4 is 0 Å². The van der Waals surface area contributed by atoms with Gasteiger partial charge in [-0.2, -0.15) is 0 Å². The Bertz CT molecular complexity index is 683. The molecule has 0 radical (unpaired) electrons. The number of phenolic OH excluding ortho intramolecular Hbond substituents is 1. The molecule has 1 saturated carbocycles. The zero-order valence-electron chi connectivity index (χ0n) is 12.1. The highest BCUT2D eigenvalue weighted by atomic mass is 35.5. The van der Waals surface area contributed by atoms with Gasteiger partial charge in [0.1, 0.15) is 11.3 Å². The summed E-state index contributed by atoms with van der Waals surface area (Å²) in [5, 5.41) is 10.2. The van der Waals surface area contributed by atoms with Crippen molar-refractivity contribution in [3.05, 3.63) is 33.3 Å². The second-order valence-electron chi connectivity index (χ2n) is 5.63. The van der Waals surface area contributed by atoms with Crippen LogP contribution in [0.2, 0.25) is 10.0 Å². The van der Waals surface area contributed by atoms with E-state index >= 15 is 0 Å². The molecule has 122 valence electrons. The third-order valence-corrected chi connectivity index (χ3v) is 4.48. The van der Waals surface area contributed by atoms with E-state index in [1.165, 1.54) is 18.2 Å². The second-order valence-corrected chi connectivity index (χ2v) is 6.48. The lowest BCUT2D eigenvalue weighted by Crippen LogP contribution is -2.47. The Kier molecular flexibility index (Phi) is 4.25. The molecule has 0 aromatic heterocycles. The fourth-order valence-electron chi connectivity index (χ4n) is 2.82. The first-order valence-corrected chi connectivity index (χ1v) is 8.02. The molecule has 1 spiro atoms. The number of aromatic hydroxyl groups is 1. The fraction of sp³-hybridized carbons (Fsp3) is 0.375. The maximum atomic E-state index is 12.2. The molecule has 1 heterocycles. The Labute approximate surface area is 142 Å². The smallest absolute Gasteiger partial charge is 0.348 e. The largest absolute Gasteiger partial charge is 0.506 e. The van der Waals surface area contributed by atoms with Crippen molar-refractivity contribution < 1.29 is 24.2 Å². The van der Waals surface area contributed by atoms with Crippen LogP contribution in [0, 0.1) is 0 Å². The summed E-state index contributed by atoms with van der Waals surface area (Å²) in [6, 6.07) is 2.75. The van der Waals surface area contributed by atoms with Gasteiger partial charge in [0.2, 0.25) is 0 Å². The Morgan fingerprint density at radius 3 is 2.26 bits per heavy atom. The number of ether oxygens (including phenoxy) is 2. The van der Waals surface area contributed by atoms with E-state index in [0.717, 1.165) is 19.3 Å². The number of carbonyl (C=O) groups is 2. The highest BCUT2D eigenvalue weighted by Crippen LogP contribution is 2.38. The number of phenols is 1. The summed E-state index contributed by atoms with van der Waals surface area (Å²) >= 11 is 11.7. The summed E-state index contributed by atoms with van der Waals surface area (Å²) in [6.07, 6.45) is 4.88. The zero-order valence-corrected chi connectivity index (χ0v) is 13.6. The predicted molar refractivity (Wildman–Crippen MR) is 84.1 cm³/mol. The lowest BCUT2D eigenvalue weighted by Gasteiger charge is -2.38. The van der Waals surface area contributed by atoms with Crippen LogP contribution in [0.25, 0.3) is 6.08 Å². The standard InChI is InChI=1S/C16H14Cl2O5/c17-10-6-9(13(19)12(18)8-10)7-11-14(20)22-16(23-15(11)21)4-2-1-3-5-16/h6-8,19H,1-5H2. The minimum atomic E-state index is -1.14. The molecule has 2 aliphatic rings. The van der Waals surface area contributed by atoms with Gasteiger partial charge in [-0.05, 0) is 31.1 Å². The molecule has 0 atom stereocenters. The first kappa shape index (κ1) is 16.1. The lowest BCUT2D eigenvalue weighted by molar-refractivity contribution is -0.244. The highest BCUT2D eigenvalue weighted by molar-refractivity contribution is 6.36. The Morgan fingerprint density at radius 2 is 1.65 bits per heavy atom. The number of hydrogen-bond donors (Lipinski definition) is 1. The Balaban J connectivity index is 1.92. The summed E-state index contributed by atoms with van der Waals surface area (Å²) < 4.78 is 10.7. The van der Waals surface area contributed by atoms with Crippen LogP contribution in [0.1, 0.15) is 37.7 Å². The van der Waals surface area contributed by atoms with Crippen molar-refractivity contribution in [3.8, 4) is 5.75 Å². The van der Waals surface area contributed by atoms with E-state index in [1.54, 1.807) is 0 Å². The van der Waals surface area contributed by atoms with Crippen molar-refractivity contribution in [2.45, 2.75) is 37.9 Å². The second kappa shape index (κ2) is 6.06. The zero-order chi connectivity index (χ0) is 16.6. The van der Waals surface area contributed by atoms with Gasteiger partial charge < -0.3 is 14.6 Å². The summed E-state index contributed by atoms with van der Waals surface area (Å²) in [4.78, 5) is 24.4. The lowest BCUT2D eigenvalue weighted by atomic mass is 9.93. The minimum Gasteiger partial charge on any atom is -0.506 e. The number of esters is 2. The number of halogens is 2. The van der Waals surface area contributed by atoms with Gasteiger partial charge in [-0.1, -0.05) is 29.6 Å². The van der Waals surface area contributed by atoms with E-state index in [1.807, 2.05) is 0 Å². The van der Waals surface area contributed by atoms with Crippen molar-refractivity contribution in [2.24, 2.45) is 0 Å². The van der Waals surface area contributed by atoms with E-state index in [9.17, 15) is 14.7 Å². The van der Waals surface area contributed by atoms with Crippen molar-refractivity contribution in [1.82, 2.24) is 0 Å². The predicted octanol–water partition coefficient (Wildman–Crippen LogP) is 3.84. The average molecular weight is 357 g/mol. The third-order valence-electron chi connectivity index (χ3n) is 3.97. The molecule has 3 rings (SSSR count). The molecule has 1 aliphatic carbocycles. The quantitative estimate of drug-likeness (QED) is 0.470. The summed E-state index contributed by atoms with van der Waals surface area (Å²) in [7, 11) is 0. The molecule has 0 amide bonds. The summed E-state index contributed by atoms with van der Waals surface area (Å²) in [6.45, 7) is 0. The summed E-state index contributed by atoms with van der Waals surface area (Å²) in [5.74, 6) is -2.95. The van der Waals surface area contributed by atoms with Gasteiger partial charge in [-0.15, -0.1) is 0 Å². The van der Waals surface area contributed by atoms with Crippen molar-refractivity contribution in [2.75, 3.05) is 0 Å². The number of hydrogen-bond acceptors (Lipinski definition) is 5. The van der Waals surface area contributed by atoms with Crippen molar-refractivity contribution >= 4 is 41.2 Å². The third kappa shape index (κ3) is 3.16. The maximum Gasteiger partial charge on any atom is 0.348 e. The normalized spacial score (nSPS) is 20.2. The summed E-state index contributed by atoms with van der Waals surface area (Å²) in [5.41, 5.74) is -0.152. The van der Waals surface area contributed by atoms with Crippen LogP contribution in [-0.2, 0) is 19.1 Å². The molecule has 1 aliphatic heterocycles. The van der Waals surface area contributed by atoms with E-state index in [0.29, 0.717) is 12.8 Å². The highest BCUT2D eigenvalue weighted by Gasteiger charge is 2.46. The molecule has 23 heavy (non-hydrogen) atoms. The number of carbonyl (C=O) groups excluding carboxylic acids is 2. The van der Waals surface area contributed by atoms with Gasteiger partial charge in [0, 0.05) is 23.4 Å². The molecular formula is C16H14Cl2O5. The molecule has 7 heteroatoms. The topological polar surface area (TPSA) is 72.8 Å². The van der Waals surface area contributed by atoms with E-state index < -0.39 is 17.7 Å². The molecule has 2 fully saturated rings. The number of rotatable bonds is 1. The molecule has 0 unspecified atom stereocenters. The average Bonchev–Trinajstić information content (AvgIpc) is 2.48. The molecule has 5 nitrogen and oxygen atoms in total. The van der Waals surface area contributed by atoms with E-state index in [2.05, 4.69) is 0 Å². The van der Waals surface area contributed by atoms with Crippen molar-refractivity contribution in [3.63, 3.8) is 0 Å². The van der Waals surface area contributed by atoms with Crippen LogP contribution in [0.4, 0.5) is 0 Å². The van der Waals surface area contributed by atoms with Gasteiger partial charge in [0.05, 0.1) is 5.02 Å². The minimum absolute atomic E-state index is 0.0191. The van der Waals surface area contributed by atoms with E-state index in [-0.39, 0.29) is 26.9 Å². The first-order chi connectivity index (χ1) is 10.9. The van der Waals surface area contributed by atoms with Crippen LogP contribution in [0.5, 0.6) is 5.75 Å². The maximum absolute atomic E-state index is 12.2. The van der Waals surface area contributed by atoms with Crippen LogP contribution in [0.3, 0.4) is 0 Å². The molecular weight excluding hydrogens is 343 g/mol. The molecule has 1 aromatic carbocycles. The molecule has 1 saturated heterocycles. The van der Waals surface area contributed by atoms with Crippen LogP contribution in [-0.4, -0.2) is 22.8 Å². The van der Waals surface area contributed by atoms with Gasteiger partial charge in [0.15, 0.2) is 0 Å². The molecule has 0 bridgehead atoms. The molecule has 1 aromatic rings. The van der Waals surface area contributed by atoms with Gasteiger partial charge >= 0.3 is 11.9 Å². The Hall–Kier alpha value is -1.72. The van der Waals surface area contributed by atoms with Crippen LogP contribution in [0.15, 0.2) is 17.7 Å². The first-order valence-electron chi connectivity index (χ1n) is 7.27. The Morgan fingerprint density at radius 1 is 1.04 bits per heavy atom. The van der Waals surface area contributed by atoms with Crippen LogP contribution >= 0.6 is 23.2 Å². The van der Waals surface area contributed by atoms with Gasteiger partial charge in [0.25, 0.3) is 5.79 Å². The van der Waals surface area contributed by atoms with E-state index in [4.69, 9.17) is 32.7 Å². The van der Waals surface area contributed by atoms with Crippen molar-refractivity contribution in [1.29, 1.82) is 0 Å². The SMILES string of the molecule is O=C1OC2(CCCCC2)OC(=O)C1=Cc1cc(Cl)cc(Cl)c1O. The fourth-order valence-corrected chi connectivity index (χ4v) is 3.33. The monoisotopic (exact) mass is 356 g/mol. The van der Waals surface area contributed by atoms with Gasteiger partial charge in [-0.25, -0.2) is 9.59 Å². The molecule has 1 N–H and O–H groups in total. The van der Waals surface area contributed by atoms with Gasteiger partial charge in [-0.3, -0.25) is 0 Å².